The lowest BCUT2D eigenvalue weighted by Gasteiger charge is -2.10. The number of aromatic nitrogens is 1. The van der Waals surface area contributed by atoms with Gasteiger partial charge in [-0.25, -0.2) is 13.2 Å². The number of halogens is 3. The second kappa shape index (κ2) is 12.6. The summed E-state index contributed by atoms with van der Waals surface area (Å²) in [4.78, 5) is 4.52. The van der Waals surface area contributed by atoms with Crippen molar-refractivity contribution in [2.75, 3.05) is 6.61 Å². The lowest BCUT2D eigenvalue weighted by Crippen LogP contribution is -2.00. The molecule has 0 unspecified atom stereocenters. The third-order valence-electron chi connectivity index (χ3n) is 6.50. The molecule has 0 amide bonds. The predicted molar refractivity (Wildman–Crippen MR) is 139 cm³/mol. The highest BCUT2D eigenvalue weighted by Gasteiger charge is 2.10. The maximum atomic E-state index is 15.1. The summed E-state index contributed by atoms with van der Waals surface area (Å²) in [5.74, 6) is -1.21. The molecule has 4 aromatic rings. The normalized spacial score (nSPS) is 11.2. The molecule has 2 nitrogen and oxygen atoms in total. The van der Waals surface area contributed by atoms with Gasteiger partial charge in [-0.15, -0.1) is 0 Å². The van der Waals surface area contributed by atoms with Crippen LogP contribution in [0.3, 0.4) is 0 Å². The highest BCUT2D eigenvalue weighted by Crippen LogP contribution is 2.24. The number of ether oxygens (including phenoxy) is 1. The molecular formula is C31H32F3NO. The highest BCUT2D eigenvalue weighted by molar-refractivity contribution is 5.84. The van der Waals surface area contributed by atoms with E-state index in [-0.39, 0.29) is 5.82 Å². The Balaban J connectivity index is 1.33. The average molecular weight is 492 g/mol. The Kier molecular flexibility index (Phi) is 8.99. The Morgan fingerprint density at radius 3 is 2.31 bits per heavy atom. The van der Waals surface area contributed by atoms with Crippen molar-refractivity contribution in [3.05, 3.63) is 107 Å². The summed E-state index contributed by atoms with van der Waals surface area (Å²) in [5, 5.41) is 1.42. The van der Waals surface area contributed by atoms with Crippen molar-refractivity contribution in [3.63, 3.8) is 0 Å². The van der Waals surface area contributed by atoms with Crippen LogP contribution in [0.25, 0.3) is 10.8 Å². The smallest absolute Gasteiger partial charge is 0.159 e. The van der Waals surface area contributed by atoms with Crippen LogP contribution in [0, 0.1) is 17.5 Å². The van der Waals surface area contributed by atoms with Gasteiger partial charge in [0.1, 0.15) is 11.6 Å². The van der Waals surface area contributed by atoms with Gasteiger partial charge in [-0.1, -0.05) is 62.6 Å². The first-order valence-corrected chi connectivity index (χ1v) is 12.7. The molecule has 0 saturated heterocycles. The van der Waals surface area contributed by atoms with Crippen molar-refractivity contribution < 1.29 is 17.9 Å². The van der Waals surface area contributed by atoms with Crippen molar-refractivity contribution in [3.8, 4) is 5.75 Å². The van der Waals surface area contributed by atoms with Crippen LogP contribution >= 0.6 is 0 Å². The third kappa shape index (κ3) is 6.87. The summed E-state index contributed by atoms with van der Waals surface area (Å²) in [5.41, 5.74) is 3.32. The fourth-order valence-corrected chi connectivity index (χ4v) is 4.34. The number of benzene rings is 3. The lowest BCUT2D eigenvalue weighted by molar-refractivity contribution is 0.304. The highest BCUT2D eigenvalue weighted by atomic mass is 19.2. The number of nitrogens with zero attached hydrogens (tertiary/aromatic N) is 1. The van der Waals surface area contributed by atoms with Gasteiger partial charge in [0.15, 0.2) is 11.6 Å². The molecule has 0 aliphatic rings. The van der Waals surface area contributed by atoms with E-state index in [0.717, 1.165) is 54.3 Å². The number of fused-ring (bicyclic) bond motifs is 1. The maximum Gasteiger partial charge on any atom is 0.159 e. The quantitative estimate of drug-likeness (QED) is 0.186. The summed E-state index contributed by atoms with van der Waals surface area (Å²) in [7, 11) is 0. The molecule has 188 valence electrons. The number of rotatable bonds is 12. The van der Waals surface area contributed by atoms with E-state index in [4.69, 9.17) is 4.74 Å². The van der Waals surface area contributed by atoms with Crippen LogP contribution < -0.4 is 4.74 Å². The van der Waals surface area contributed by atoms with Crippen molar-refractivity contribution in [2.24, 2.45) is 0 Å². The van der Waals surface area contributed by atoms with Crippen LogP contribution in [-0.2, 0) is 25.7 Å². The van der Waals surface area contributed by atoms with Crippen LogP contribution in [0.4, 0.5) is 13.2 Å². The van der Waals surface area contributed by atoms with Gasteiger partial charge in [0, 0.05) is 11.1 Å². The second-order valence-electron chi connectivity index (χ2n) is 9.24. The van der Waals surface area contributed by atoms with Gasteiger partial charge in [-0.05, 0) is 78.4 Å². The molecule has 3 aromatic carbocycles. The first-order chi connectivity index (χ1) is 17.5. The summed E-state index contributed by atoms with van der Waals surface area (Å²) in [6.07, 6.45) is 8.94. The average Bonchev–Trinajstić information content (AvgIpc) is 2.89. The van der Waals surface area contributed by atoms with Gasteiger partial charge >= 0.3 is 0 Å². The zero-order valence-electron chi connectivity index (χ0n) is 20.7. The Labute approximate surface area is 211 Å². The standard InChI is InChI=1S/C31H32F3NO/c1-2-3-4-5-18-36-27-15-14-26(35-21-27)13-7-22-8-16-28-25(19-22)12-11-24(31(28)34)10-6-23-9-17-29(32)30(33)20-23/h8-9,11-12,14-17,19-21H,2-7,10,13,18H2,1H3. The van der Waals surface area contributed by atoms with E-state index >= 15 is 4.39 Å². The molecule has 0 spiro atoms. The SMILES string of the molecule is CCCCCCOc1ccc(CCc2ccc3c(F)c(CCc4ccc(F)c(F)c4)ccc3c2)nc1. The Morgan fingerprint density at radius 1 is 0.722 bits per heavy atom. The minimum Gasteiger partial charge on any atom is -0.492 e. The molecule has 0 bridgehead atoms. The molecule has 4 rings (SSSR count). The number of unbranched alkanes of at least 4 members (excludes halogenated alkanes) is 3. The summed E-state index contributed by atoms with van der Waals surface area (Å²) >= 11 is 0. The molecule has 0 N–H and O–H groups in total. The number of hydrogen-bond donors (Lipinski definition) is 0. The zero-order chi connectivity index (χ0) is 25.3. The minimum absolute atomic E-state index is 0.256. The molecule has 1 heterocycles. The molecule has 0 saturated carbocycles. The lowest BCUT2D eigenvalue weighted by atomic mass is 9.98. The van der Waals surface area contributed by atoms with Gasteiger partial charge in [-0.3, -0.25) is 4.98 Å². The molecule has 0 radical (unpaired) electrons. The molecule has 1 aromatic heterocycles. The van der Waals surface area contributed by atoms with Crippen LogP contribution in [0.5, 0.6) is 5.75 Å². The van der Waals surface area contributed by atoms with Gasteiger partial charge in [0.05, 0.1) is 12.8 Å². The predicted octanol–water partition coefficient (Wildman–Crippen LogP) is 8.18. The molecule has 0 aliphatic carbocycles. The van der Waals surface area contributed by atoms with Crippen molar-refractivity contribution >= 4 is 10.8 Å². The Hall–Kier alpha value is -3.34. The van der Waals surface area contributed by atoms with Crippen LogP contribution in [0.15, 0.2) is 66.9 Å². The van der Waals surface area contributed by atoms with Crippen molar-refractivity contribution in [2.45, 2.75) is 58.3 Å². The molecule has 36 heavy (non-hydrogen) atoms. The minimum atomic E-state index is -0.878. The summed E-state index contributed by atoms with van der Waals surface area (Å²) < 4.78 is 47.5. The van der Waals surface area contributed by atoms with Crippen LogP contribution in [0.2, 0.25) is 0 Å². The van der Waals surface area contributed by atoms with E-state index in [1.807, 2.05) is 36.4 Å². The fraction of sp³-hybridized carbons (Fsp3) is 0.323. The number of aryl methyl sites for hydroxylation is 4. The second-order valence-corrected chi connectivity index (χ2v) is 9.24. The molecule has 0 aliphatic heterocycles. The first kappa shape index (κ1) is 25.7. The number of hydrogen-bond acceptors (Lipinski definition) is 2. The summed E-state index contributed by atoms with van der Waals surface area (Å²) in [6.45, 7) is 2.92. The molecule has 0 fully saturated rings. The topological polar surface area (TPSA) is 22.1 Å². The van der Waals surface area contributed by atoms with Gasteiger partial charge in [0.25, 0.3) is 0 Å². The van der Waals surface area contributed by atoms with Crippen molar-refractivity contribution in [1.82, 2.24) is 4.98 Å². The zero-order valence-corrected chi connectivity index (χ0v) is 20.7. The fourth-order valence-electron chi connectivity index (χ4n) is 4.34. The van der Waals surface area contributed by atoms with Crippen LogP contribution in [0.1, 0.15) is 55.0 Å². The van der Waals surface area contributed by atoms with E-state index in [1.165, 1.54) is 31.4 Å². The first-order valence-electron chi connectivity index (χ1n) is 12.7. The van der Waals surface area contributed by atoms with Gasteiger partial charge in [0.2, 0.25) is 0 Å². The summed E-state index contributed by atoms with van der Waals surface area (Å²) in [6, 6.07) is 17.3. The van der Waals surface area contributed by atoms with E-state index < -0.39 is 11.6 Å². The molecule has 0 atom stereocenters. The Morgan fingerprint density at radius 2 is 1.53 bits per heavy atom. The van der Waals surface area contributed by atoms with Gasteiger partial charge in [-0.2, -0.15) is 0 Å². The third-order valence-corrected chi connectivity index (χ3v) is 6.50. The van der Waals surface area contributed by atoms with E-state index in [0.29, 0.717) is 29.4 Å². The van der Waals surface area contributed by atoms with E-state index in [1.54, 1.807) is 12.3 Å². The Bertz CT molecular complexity index is 1290. The monoisotopic (exact) mass is 491 g/mol. The van der Waals surface area contributed by atoms with Gasteiger partial charge < -0.3 is 4.74 Å². The van der Waals surface area contributed by atoms with E-state index in [9.17, 15) is 8.78 Å². The molecule has 5 heteroatoms. The maximum absolute atomic E-state index is 15.1. The molecular weight excluding hydrogens is 459 g/mol. The van der Waals surface area contributed by atoms with Crippen LogP contribution in [-0.4, -0.2) is 11.6 Å². The number of pyridine rings is 1. The van der Waals surface area contributed by atoms with E-state index in [2.05, 4.69) is 11.9 Å². The largest absolute Gasteiger partial charge is 0.492 e. The van der Waals surface area contributed by atoms with Crippen molar-refractivity contribution in [1.29, 1.82) is 0 Å².